The molecule has 1 saturated heterocycles. The minimum Gasteiger partial charge on any atom is -0.481 e. The van der Waals surface area contributed by atoms with E-state index in [1.165, 1.54) is 22.3 Å². The zero-order valence-electron chi connectivity index (χ0n) is 18.4. The number of amides is 2. The third-order valence-corrected chi connectivity index (χ3v) is 7.17. The largest absolute Gasteiger partial charge is 0.481 e. The van der Waals surface area contributed by atoms with E-state index in [4.69, 9.17) is 4.74 Å². The van der Waals surface area contributed by atoms with Crippen LogP contribution in [0.25, 0.3) is 11.1 Å². The summed E-state index contributed by atoms with van der Waals surface area (Å²) in [7, 11) is 0. The number of nitrogens with one attached hydrogen (secondary N) is 1. The average Bonchev–Trinajstić information content (AvgIpc) is 3.56. The number of hydrogen-bond donors (Lipinski definition) is 2. The first-order valence-electron chi connectivity index (χ1n) is 11.6. The predicted molar refractivity (Wildman–Crippen MR) is 122 cm³/mol. The Balaban J connectivity index is 1.10. The second-order valence-electron chi connectivity index (χ2n) is 9.27. The van der Waals surface area contributed by atoms with E-state index in [-0.39, 0.29) is 36.8 Å². The summed E-state index contributed by atoms with van der Waals surface area (Å²) in [6.07, 6.45) is 1.59. The number of aliphatic carboxylic acids is 1. The maximum atomic E-state index is 12.7. The van der Waals surface area contributed by atoms with Crippen molar-refractivity contribution in [2.45, 2.75) is 25.2 Å². The Kier molecular flexibility index (Phi) is 5.79. The van der Waals surface area contributed by atoms with Crippen LogP contribution in [0.15, 0.2) is 48.5 Å². The van der Waals surface area contributed by atoms with Gasteiger partial charge in [0.2, 0.25) is 5.91 Å². The summed E-state index contributed by atoms with van der Waals surface area (Å²) >= 11 is 0. The van der Waals surface area contributed by atoms with Crippen LogP contribution in [0.5, 0.6) is 0 Å². The van der Waals surface area contributed by atoms with E-state index in [2.05, 4.69) is 29.6 Å². The third kappa shape index (κ3) is 4.32. The minimum absolute atomic E-state index is 0.0136. The topological polar surface area (TPSA) is 95.9 Å². The number of nitrogens with zero attached hydrogens (tertiary/aromatic N) is 1. The van der Waals surface area contributed by atoms with E-state index in [1.54, 1.807) is 4.90 Å². The Morgan fingerprint density at radius 1 is 1.03 bits per heavy atom. The summed E-state index contributed by atoms with van der Waals surface area (Å²) in [6, 6.07) is 16.4. The maximum absolute atomic E-state index is 12.7. The number of likely N-dealkylation sites (tertiary alicyclic amines) is 1. The zero-order chi connectivity index (χ0) is 22.9. The van der Waals surface area contributed by atoms with Gasteiger partial charge in [-0.3, -0.25) is 9.59 Å². The molecule has 0 unspecified atom stereocenters. The molecule has 2 aromatic carbocycles. The molecule has 0 radical (unpaired) electrons. The summed E-state index contributed by atoms with van der Waals surface area (Å²) < 4.78 is 5.56. The van der Waals surface area contributed by atoms with Crippen molar-refractivity contribution in [2.24, 2.45) is 17.8 Å². The molecular formula is C26H28N2O5. The Hall–Kier alpha value is -3.35. The van der Waals surface area contributed by atoms with Crippen molar-refractivity contribution < 1.29 is 24.2 Å². The average molecular weight is 449 g/mol. The Labute approximate surface area is 192 Å². The molecule has 7 nitrogen and oxygen atoms in total. The van der Waals surface area contributed by atoms with Gasteiger partial charge in [-0.05, 0) is 47.4 Å². The third-order valence-electron chi connectivity index (χ3n) is 7.17. The van der Waals surface area contributed by atoms with Crippen molar-refractivity contribution in [3.8, 4) is 11.1 Å². The van der Waals surface area contributed by atoms with Crippen molar-refractivity contribution in [1.29, 1.82) is 0 Å². The molecule has 1 heterocycles. The highest BCUT2D eigenvalue weighted by Gasteiger charge is 2.46. The molecule has 3 aliphatic rings. The molecule has 7 heteroatoms. The zero-order valence-corrected chi connectivity index (χ0v) is 18.4. The highest BCUT2D eigenvalue weighted by molar-refractivity contribution is 5.83. The van der Waals surface area contributed by atoms with Gasteiger partial charge in [0.05, 0.1) is 5.92 Å². The quantitative estimate of drug-likeness (QED) is 0.705. The summed E-state index contributed by atoms with van der Waals surface area (Å²) in [4.78, 5) is 38.0. The van der Waals surface area contributed by atoms with Crippen LogP contribution >= 0.6 is 0 Å². The van der Waals surface area contributed by atoms with Gasteiger partial charge >= 0.3 is 12.1 Å². The van der Waals surface area contributed by atoms with E-state index in [0.29, 0.717) is 19.5 Å². The summed E-state index contributed by atoms with van der Waals surface area (Å²) in [5.41, 5.74) is 4.70. The number of carbonyl (C=O) groups excluding carboxylic acids is 2. The number of ether oxygens (including phenoxy) is 1. The molecule has 172 valence electrons. The van der Waals surface area contributed by atoms with Gasteiger partial charge in [0.1, 0.15) is 6.61 Å². The van der Waals surface area contributed by atoms with E-state index < -0.39 is 18.0 Å². The van der Waals surface area contributed by atoms with Crippen LogP contribution in [0.3, 0.4) is 0 Å². The van der Waals surface area contributed by atoms with Gasteiger partial charge in [0.25, 0.3) is 0 Å². The summed E-state index contributed by atoms with van der Waals surface area (Å²) in [6.45, 7) is 1.56. The maximum Gasteiger partial charge on any atom is 0.407 e. The van der Waals surface area contributed by atoms with Gasteiger partial charge < -0.3 is 20.1 Å². The molecule has 0 aromatic heterocycles. The van der Waals surface area contributed by atoms with Crippen LogP contribution in [0, 0.1) is 17.8 Å². The van der Waals surface area contributed by atoms with Crippen LogP contribution in [0.2, 0.25) is 0 Å². The van der Waals surface area contributed by atoms with Gasteiger partial charge in [-0.15, -0.1) is 0 Å². The Morgan fingerprint density at radius 3 is 2.36 bits per heavy atom. The second kappa shape index (κ2) is 8.89. The number of carboxylic acid groups (broad SMARTS) is 1. The molecule has 1 saturated carbocycles. The molecule has 33 heavy (non-hydrogen) atoms. The van der Waals surface area contributed by atoms with Crippen molar-refractivity contribution in [1.82, 2.24) is 10.2 Å². The molecule has 2 fully saturated rings. The number of alkyl carbamates (subject to hydrolysis) is 1. The SMILES string of the molecule is O=C(NC[C@@H]1C[C@@H]1C(=O)N1CCC[C@@H](C(=O)O)C1)OCC1c2ccccc2-c2ccccc21. The molecule has 5 rings (SSSR count). The van der Waals surface area contributed by atoms with Gasteiger partial charge in [0.15, 0.2) is 0 Å². The highest BCUT2D eigenvalue weighted by Crippen LogP contribution is 2.44. The summed E-state index contributed by atoms with van der Waals surface area (Å²) in [5, 5.41) is 12.0. The van der Waals surface area contributed by atoms with Gasteiger partial charge in [-0.25, -0.2) is 4.79 Å². The lowest BCUT2D eigenvalue weighted by Gasteiger charge is -2.31. The van der Waals surface area contributed by atoms with Crippen molar-refractivity contribution in [3.63, 3.8) is 0 Å². The van der Waals surface area contributed by atoms with E-state index in [0.717, 1.165) is 12.8 Å². The van der Waals surface area contributed by atoms with E-state index >= 15 is 0 Å². The lowest BCUT2D eigenvalue weighted by Crippen LogP contribution is -2.43. The van der Waals surface area contributed by atoms with Crippen molar-refractivity contribution in [3.05, 3.63) is 59.7 Å². The highest BCUT2D eigenvalue weighted by atomic mass is 16.5. The fraction of sp³-hybridized carbons (Fsp3) is 0.423. The smallest absolute Gasteiger partial charge is 0.407 e. The van der Waals surface area contributed by atoms with Crippen LogP contribution in [0.4, 0.5) is 4.79 Å². The second-order valence-corrected chi connectivity index (χ2v) is 9.27. The molecule has 0 spiro atoms. The van der Waals surface area contributed by atoms with Gasteiger partial charge in [0, 0.05) is 31.5 Å². The molecular weight excluding hydrogens is 420 g/mol. The number of benzene rings is 2. The fourth-order valence-electron chi connectivity index (χ4n) is 5.25. The first-order valence-corrected chi connectivity index (χ1v) is 11.6. The fourth-order valence-corrected chi connectivity index (χ4v) is 5.25. The number of carbonyl (C=O) groups is 3. The van der Waals surface area contributed by atoms with Crippen molar-refractivity contribution in [2.75, 3.05) is 26.2 Å². The van der Waals surface area contributed by atoms with Crippen LogP contribution in [0.1, 0.15) is 36.3 Å². The lowest BCUT2D eigenvalue weighted by molar-refractivity contribution is -0.146. The monoisotopic (exact) mass is 448 g/mol. The molecule has 0 bridgehead atoms. The lowest BCUT2D eigenvalue weighted by atomic mass is 9.98. The molecule has 2 aliphatic carbocycles. The Morgan fingerprint density at radius 2 is 1.70 bits per heavy atom. The van der Waals surface area contributed by atoms with Crippen LogP contribution in [-0.2, 0) is 14.3 Å². The number of piperidine rings is 1. The van der Waals surface area contributed by atoms with Crippen LogP contribution < -0.4 is 5.32 Å². The summed E-state index contributed by atoms with van der Waals surface area (Å²) in [5.74, 6) is -1.33. The van der Waals surface area contributed by atoms with Crippen LogP contribution in [-0.4, -0.2) is 54.2 Å². The van der Waals surface area contributed by atoms with E-state index in [1.807, 2.05) is 24.3 Å². The number of hydrogen-bond acceptors (Lipinski definition) is 4. The molecule has 2 amide bonds. The standard InChI is InChI=1S/C26H28N2O5/c29-24(28-11-5-6-16(14-28)25(30)31)22-12-17(22)13-27-26(32)33-15-23-20-9-3-1-7-18(20)19-8-2-4-10-21(19)23/h1-4,7-10,16-17,22-23H,5-6,11-15H2,(H,27,32)(H,30,31)/t16-,17+,22+/m1/s1. The molecule has 1 aliphatic heterocycles. The van der Waals surface area contributed by atoms with E-state index in [9.17, 15) is 19.5 Å². The first kappa shape index (κ1) is 21.5. The normalized spacial score (nSPS) is 23.4. The molecule has 2 N–H and O–H groups in total. The molecule has 3 atom stereocenters. The first-order chi connectivity index (χ1) is 16.0. The number of rotatable bonds is 6. The van der Waals surface area contributed by atoms with Gasteiger partial charge in [-0.1, -0.05) is 48.5 Å². The Bertz CT molecular complexity index is 1040. The number of fused-ring (bicyclic) bond motifs is 3. The minimum atomic E-state index is -0.836. The van der Waals surface area contributed by atoms with Crippen molar-refractivity contribution >= 4 is 18.0 Å². The van der Waals surface area contributed by atoms with Gasteiger partial charge in [-0.2, -0.15) is 0 Å². The predicted octanol–water partition coefficient (Wildman–Crippen LogP) is 3.48. The molecule has 2 aromatic rings. The number of carboxylic acids is 1.